The topological polar surface area (TPSA) is 51.8 Å². The molecule has 0 spiro atoms. The minimum absolute atomic E-state index is 0.146. The Morgan fingerprint density at radius 3 is 2.32 bits per heavy atom. The number of anilines is 1. The molecule has 0 radical (unpaired) electrons. The smallest absolute Gasteiger partial charge is 0.141 e. The van der Waals surface area contributed by atoms with Crippen molar-refractivity contribution in [3.05, 3.63) is 39.7 Å². The van der Waals surface area contributed by atoms with E-state index in [1.54, 1.807) is 0 Å². The molecule has 3 nitrogen and oxygen atoms in total. The lowest BCUT2D eigenvalue weighted by Crippen LogP contribution is -2.14. The number of nitrogen functional groups attached to an aromatic ring is 1. The molecule has 2 aromatic rings. The molecule has 2 rings (SSSR count). The molecule has 0 saturated carbocycles. The van der Waals surface area contributed by atoms with E-state index in [0.29, 0.717) is 5.82 Å². The van der Waals surface area contributed by atoms with Crippen molar-refractivity contribution >= 4 is 28.4 Å². The second-order valence-electron chi connectivity index (χ2n) is 5.79. The van der Waals surface area contributed by atoms with Crippen LogP contribution in [-0.2, 0) is 6.42 Å². The number of benzene rings is 1. The van der Waals surface area contributed by atoms with Crippen molar-refractivity contribution in [1.82, 2.24) is 9.97 Å². The van der Waals surface area contributed by atoms with Crippen molar-refractivity contribution < 1.29 is 0 Å². The van der Waals surface area contributed by atoms with Gasteiger partial charge in [0.25, 0.3) is 0 Å². The van der Waals surface area contributed by atoms with Crippen LogP contribution in [0.15, 0.2) is 30.3 Å². The first-order chi connectivity index (χ1) is 8.87. The average Bonchev–Trinajstić information content (AvgIpc) is 2.33. The Hall–Kier alpha value is -1.17. The molecule has 1 aromatic heterocycles. The van der Waals surface area contributed by atoms with Crippen LogP contribution in [-0.4, -0.2) is 9.97 Å². The Bertz CT molecular complexity index is 574. The van der Waals surface area contributed by atoms with Gasteiger partial charge in [0, 0.05) is 12.0 Å². The zero-order valence-electron chi connectivity index (χ0n) is 11.4. The Labute approximate surface area is 127 Å². The second kappa shape index (κ2) is 5.45. The van der Waals surface area contributed by atoms with E-state index in [-0.39, 0.29) is 5.41 Å². The van der Waals surface area contributed by atoms with Gasteiger partial charge in [-0.3, -0.25) is 0 Å². The Kier molecular flexibility index (Phi) is 4.08. The SMILES string of the molecule is CC(C)(C)Cc1nc(N)c(I)c(-c2ccccc2)n1. The van der Waals surface area contributed by atoms with Crippen molar-refractivity contribution in [3.63, 3.8) is 0 Å². The molecule has 0 bridgehead atoms. The lowest BCUT2D eigenvalue weighted by atomic mass is 9.92. The molecule has 0 unspecified atom stereocenters. The van der Waals surface area contributed by atoms with Gasteiger partial charge < -0.3 is 5.73 Å². The van der Waals surface area contributed by atoms with Crippen LogP contribution in [0.2, 0.25) is 0 Å². The standard InChI is InChI=1S/C15H18IN3/c1-15(2,3)9-11-18-13(12(16)14(17)19-11)10-7-5-4-6-8-10/h4-8H,9H2,1-3H3,(H2,17,18,19). The van der Waals surface area contributed by atoms with Gasteiger partial charge in [-0.25, -0.2) is 9.97 Å². The average molecular weight is 367 g/mol. The highest BCUT2D eigenvalue weighted by Gasteiger charge is 2.17. The van der Waals surface area contributed by atoms with E-state index in [9.17, 15) is 0 Å². The van der Waals surface area contributed by atoms with E-state index in [0.717, 1.165) is 27.1 Å². The Balaban J connectivity index is 2.49. The third-order valence-electron chi connectivity index (χ3n) is 2.66. The summed E-state index contributed by atoms with van der Waals surface area (Å²) >= 11 is 2.21. The molecule has 0 atom stereocenters. The molecule has 0 aliphatic rings. The predicted octanol–water partition coefficient (Wildman–Crippen LogP) is 3.92. The van der Waals surface area contributed by atoms with Crippen LogP contribution in [0, 0.1) is 8.99 Å². The summed E-state index contributed by atoms with van der Waals surface area (Å²) in [7, 11) is 0. The van der Waals surface area contributed by atoms with Gasteiger partial charge in [-0.1, -0.05) is 51.1 Å². The van der Waals surface area contributed by atoms with Crippen molar-refractivity contribution in [2.24, 2.45) is 5.41 Å². The summed E-state index contributed by atoms with van der Waals surface area (Å²) in [4.78, 5) is 9.09. The summed E-state index contributed by atoms with van der Waals surface area (Å²) in [5.74, 6) is 1.37. The highest BCUT2D eigenvalue weighted by Crippen LogP contribution is 2.28. The maximum atomic E-state index is 6.02. The minimum atomic E-state index is 0.146. The summed E-state index contributed by atoms with van der Waals surface area (Å²) < 4.78 is 0.918. The van der Waals surface area contributed by atoms with E-state index >= 15 is 0 Å². The fourth-order valence-corrected chi connectivity index (χ4v) is 2.41. The van der Waals surface area contributed by atoms with Crippen molar-refractivity contribution in [1.29, 1.82) is 0 Å². The van der Waals surface area contributed by atoms with Crippen molar-refractivity contribution in [3.8, 4) is 11.3 Å². The molecule has 19 heavy (non-hydrogen) atoms. The first-order valence-electron chi connectivity index (χ1n) is 6.24. The Morgan fingerprint density at radius 2 is 1.74 bits per heavy atom. The molecule has 0 amide bonds. The highest BCUT2D eigenvalue weighted by atomic mass is 127. The van der Waals surface area contributed by atoms with Gasteiger partial charge in [0.2, 0.25) is 0 Å². The highest BCUT2D eigenvalue weighted by molar-refractivity contribution is 14.1. The lowest BCUT2D eigenvalue weighted by Gasteiger charge is -2.18. The molecular formula is C15H18IN3. The molecule has 1 aromatic carbocycles. The van der Waals surface area contributed by atoms with Crippen molar-refractivity contribution in [2.75, 3.05) is 5.73 Å². The van der Waals surface area contributed by atoms with Gasteiger partial charge in [-0.05, 0) is 28.0 Å². The quantitative estimate of drug-likeness (QED) is 0.819. The number of halogens is 1. The summed E-state index contributed by atoms with van der Waals surface area (Å²) in [5, 5.41) is 0. The summed E-state index contributed by atoms with van der Waals surface area (Å²) in [6, 6.07) is 10.1. The zero-order chi connectivity index (χ0) is 14.0. The normalized spacial score (nSPS) is 11.6. The number of nitrogens with zero attached hydrogens (tertiary/aromatic N) is 2. The van der Waals surface area contributed by atoms with E-state index in [1.165, 1.54) is 0 Å². The molecule has 4 heteroatoms. The molecule has 1 heterocycles. The van der Waals surface area contributed by atoms with E-state index in [1.807, 2.05) is 30.3 Å². The van der Waals surface area contributed by atoms with Gasteiger partial charge in [0.15, 0.2) is 0 Å². The van der Waals surface area contributed by atoms with Crippen LogP contribution < -0.4 is 5.73 Å². The third-order valence-corrected chi connectivity index (χ3v) is 3.72. The first kappa shape index (κ1) is 14.2. The Morgan fingerprint density at radius 1 is 1.11 bits per heavy atom. The first-order valence-corrected chi connectivity index (χ1v) is 7.32. The number of aromatic nitrogens is 2. The van der Waals surface area contributed by atoms with Gasteiger partial charge >= 0.3 is 0 Å². The van der Waals surface area contributed by atoms with Crippen LogP contribution in [0.5, 0.6) is 0 Å². The molecule has 2 N–H and O–H groups in total. The fraction of sp³-hybridized carbons (Fsp3) is 0.333. The molecular weight excluding hydrogens is 349 g/mol. The molecule has 0 aliphatic heterocycles. The van der Waals surface area contributed by atoms with Gasteiger partial charge in [-0.15, -0.1) is 0 Å². The second-order valence-corrected chi connectivity index (χ2v) is 6.87. The molecule has 0 aliphatic carbocycles. The fourth-order valence-electron chi connectivity index (χ4n) is 1.85. The van der Waals surface area contributed by atoms with E-state index in [4.69, 9.17) is 10.7 Å². The van der Waals surface area contributed by atoms with E-state index in [2.05, 4.69) is 48.3 Å². The zero-order valence-corrected chi connectivity index (χ0v) is 13.6. The van der Waals surface area contributed by atoms with Crippen LogP contribution >= 0.6 is 22.6 Å². The summed E-state index contributed by atoms with van der Waals surface area (Å²) in [5.41, 5.74) is 8.17. The maximum absolute atomic E-state index is 6.02. The van der Waals surface area contributed by atoms with Crippen LogP contribution in [0.4, 0.5) is 5.82 Å². The minimum Gasteiger partial charge on any atom is -0.383 e. The van der Waals surface area contributed by atoms with Gasteiger partial charge in [-0.2, -0.15) is 0 Å². The number of rotatable bonds is 2. The van der Waals surface area contributed by atoms with Crippen LogP contribution in [0.3, 0.4) is 0 Å². The lowest BCUT2D eigenvalue weighted by molar-refractivity contribution is 0.401. The molecule has 0 fully saturated rings. The molecule has 0 saturated heterocycles. The van der Waals surface area contributed by atoms with Gasteiger partial charge in [0.05, 0.1) is 9.26 Å². The summed E-state index contributed by atoms with van der Waals surface area (Å²) in [6.07, 6.45) is 0.813. The number of hydrogen-bond acceptors (Lipinski definition) is 3. The summed E-state index contributed by atoms with van der Waals surface area (Å²) in [6.45, 7) is 6.52. The van der Waals surface area contributed by atoms with E-state index < -0.39 is 0 Å². The molecule has 100 valence electrons. The van der Waals surface area contributed by atoms with Crippen molar-refractivity contribution in [2.45, 2.75) is 27.2 Å². The predicted molar refractivity (Wildman–Crippen MR) is 87.8 cm³/mol. The maximum Gasteiger partial charge on any atom is 0.141 e. The number of nitrogens with two attached hydrogens (primary N) is 1. The monoisotopic (exact) mass is 367 g/mol. The van der Waals surface area contributed by atoms with Crippen LogP contribution in [0.25, 0.3) is 11.3 Å². The number of hydrogen-bond donors (Lipinski definition) is 1. The largest absolute Gasteiger partial charge is 0.383 e. The van der Waals surface area contributed by atoms with Crippen LogP contribution in [0.1, 0.15) is 26.6 Å². The third kappa shape index (κ3) is 3.65. The van der Waals surface area contributed by atoms with Gasteiger partial charge in [0.1, 0.15) is 11.6 Å².